The minimum atomic E-state index is 0.464. The van der Waals surface area contributed by atoms with Crippen molar-refractivity contribution in [3.63, 3.8) is 0 Å². The smallest absolute Gasteiger partial charge is 0.249 e. The summed E-state index contributed by atoms with van der Waals surface area (Å²) >= 11 is 8.00. The van der Waals surface area contributed by atoms with Crippen LogP contribution in [-0.2, 0) is 6.54 Å². The van der Waals surface area contributed by atoms with E-state index in [1.807, 2.05) is 35.6 Å². The van der Waals surface area contributed by atoms with Gasteiger partial charge in [-0.15, -0.1) is 21.5 Å². The highest BCUT2D eigenvalue weighted by molar-refractivity contribution is 7.10. The largest absolute Gasteiger partial charge is 0.419 e. The summed E-state index contributed by atoms with van der Waals surface area (Å²) in [7, 11) is 0. The Labute approximate surface area is 143 Å². The molecule has 6 heteroatoms. The molecule has 1 unspecified atom stereocenters. The van der Waals surface area contributed by atoms with E-state index in [2.05, 4.69) is 32.6 Å². The Morgan fingerprint density at radius 2 is 2.13 bits per heavy atom. The molecule has 4 rings (SSSR count). The summed E-state index contributed by atoms with van der Waals surface area (Å²) < 4.78 is 5.83. The number of hydrogen-bond acceptors (Lipinski definition) is 5. The first-order chi connectivity index (χ1) is 11.3. The van der Waals surface area contributed by atoms with Gasteiger partial charge in [0.1, 0.15) is 0 Å². The lowest BCUT2D eigenvalue weighted by atomic mass is 10.2. The van der Waals surface area contributed by atoms with Crippen LogP contribution in [0.3, 0.4) is 0 Å². The molecular formula is C17H16ClN3OS. The number of aromatic nitrogens is 2. The van der Waals surface area contributed by atoms with Crippen molar-refractivity contribution in [2.45, 2.75) is 25.4 Å². The number of benzene rings is 1. The summed E-state index contributed by atoms with van der Waals surface area (Å²) in [6.07, 6.45) is 2.39. The maximum absolute atomic E-state index is 6.19. The Morgan fingerprint density at radius 1 is 1.22 bits per heavy atom. The molecule has 0 amide bonds. The van der Waals surface area contributed by atoms with Crippen molar-refractivity contribution in [3.05, 3.63) is 57.6 Å². The molecule has 0 radical (unpaired) electrons. The van der Waals surface area contributed by atoms with Gasteiger partial charge >= 0.3 is 0 Å². The van der Waals surface area contributed by atoms with Gasteiger partial charge in [-0.3, -0.25) is 4.90 Å². The lowest BCUT2D eigenvalue weighted by molar-refractivity contribution is 0.227. The summed E-state index contributed by atoms with van der Waals surface area (Å²) in [4.78, 5) is 3.82. The monoisotopic (exact) mass is 345 g/mol. The van der Waals surface area contributed by atoms with Gasteiger partial charge in [-0.2, -0.15) is 0 Å². The van der Waals surface area contributed by atoms with Gasteiger partial charge in [-0.25, -0.2) is 0 Å². The molecule has 3 heterocycles. The Hall–Kier alpha value is -1.69. The van der Waals surface area contributed by atoms with Crippen LogP contribution in [0.2, 0.25) is 5.02 Å². The summed E-state index contributed by atoms with van der Waals surface area (Å²) in [6, 6.07) is 12.3. The Balaban J connectivity index is 1.53. The Morgan fingerprint density at radius 3 is 2.96 bits per heavy atom. The first kappa shape index (κ1) is 14.9. The van der Waals surface area contributed by atoms with Crippen molar-refractivity contribution in [2.75, 3.05) is 6.54 Å². The quantitative estimate of drug-likeness (QED) is 0.681. The molecule has 3 aromatic rings. The van der Waals surface area contributed by atoms with E-state index in [9.17, 15) is 0 Å². The lowest BCUT2D eigenvalue weighted by Gasteiger charge is -2.21. The zero-order valence-electron chi connectivity index (χ0n) is 12.5. The molecule has 1 aromatic carbocycles. The van der Waals surface area contributed by atoms with Crippen molar-refractivity contribution in [2.24, 2.45) is 0 Å². The third-order valence-corrected chi connectivity index (χ3v) is 5.45. The average Bonchev–Trinajstić information content (AvgIpc) is 3.29. The predicted molar refractivity (Wildman–Crippen MR) is 91.4 cm³/mol. The molecule has 0 saturated carbocycles. The number of thiophene rings is 1. The molecule has 0 bridgehead atoms. The van der Waals surface area contributed by atoms with Gasteiger partial charge in [0.2, 0.25) is 11.8 Å². The molecule has 4 nitrogen and oxygen atoms in total. The maximum atomic E-state index is 6.19. The van der Waals surface area contributed by atoms with Gasteiger partial charge in [0, 0.05) is 10.9 Å². The summed E-state index contributed by atoms with van der Waals surface area (Å²) in [6.45, 7) is 1.74. The van der Waals surface area contributed by atoms with Crippen LogP contribution in [0.5, 0.6) is 0 Å². The molecule has 0 aliphatic carbocycles. The lowest BCUT2D eigenvalue weighted by Crippen LogP contribution is -2.22. The van der Waals surface area contributed by atoms with E-state index < -0.39 is 0 Å². The molecule has 1 fully saturated rings. The summed E-state index contributed by atoms with van der Waals surface area (Å²) in [5.41, 5.74) is 0.782. The van der Waals surface area contributed by atoms with Crippen molar-refractivity contribution >= 4 is 22.9 Å². The first-order valence-corrected chi connectivity index (χ1v) is 8.92. The van der Waals surface area contributed by atoms with Crippen LogP contribution in [0.1, 0.15) is 29.7 Å². The van der Waals surface area contributed by atoms with Crippen molar-refractivity contribution < 1.29 is 4.42 Å². The fraction of sp³-hybridized carbons (Fsp3) is 0.294. The van der Waals surface area contributed by atoms with Gasteiger partial charge in [0.15, 0.2) is 0 Å². The molecule has 118 valence electrons. The highest BCUT2D eigenvalue weighted by Crippen LogP contribution is 2.35. The second kappa shape index (κ2) is 6.43. The van der Waals surface area contributed by atoms with Crippen LogP contribution >= 0.6 is 22.9 Å². The van der Waals surface area contributed by atoms with E-state index in [1.165, 1.54) is 17.7 Å². The molecule has 1 aliphatic rings. The highest BCUT2D eigenvalue weighted by Gasteiger charge is 2.28. The molecule has 0 N–H and O–H groups in total. The number of halogens is 1. The number of hydrogen-bond donors (Lipinski definition) is 0. The second-order valence-electron chi connectivity index (χ2n) is 5.62. The Kier molecular flexibility index (Phi) is 4.16. The van der Waals surface area contributed by atoms with Crippen LogP contribution in [-0.4, -0.2) is 21.6 Å². The van der Waals surface area contributed by atoms with E-state index >= 15 is 0 Å². The number of nitrogens with zero attached hydrogens (tertiary/aromatic N) is 3. The first-order valence-electron chi connectivity index (χ1n) is 7.66. The minimum absolute atomic E-state index is 0.464. The van der Waals surface area contributed by atoms with Gasteiger partial charge in [-0.1, -0.05) is 29.8 Å². The van der Waals surface area contributed by atoms with E-state index in [0.717, 1.165) is 12.1 Å². The molecule has 0 spiro atoms. The maximum Gasteiger partial charge on any atom is 0.249 e. The highest BCUT2D eigenvalue weighted by atomic mass is 35.5. The van der Waals surface area contributed by atoms with Crippen LogP contribution in [0.25, 0.3) is 11.5 Å². The van der Waals surface area contributed by atoms with Crippen LogP contribution in [0, 0.1) is 0 Å². The van der Waals surface area contributed by atoms with Crippen molar-refractivity contribution in [3.8, 4) is 11.5 Å². The third kappa shape index (κ3) is 3.04. The average molecular weight is 346 g/mol. The molecule has 1 aliphatic heterocycles. The third-order valence-electron chi connectivity index (χ3n) is 4.14. The molecule has 2 aromatic heterocycles. The fourth-order valence-corrected chi connectivity index (χ4v) is 4.17. The van der Waals surface area contributed by atoms with Gasteiger partial charge < -0.3 is 4.42 Å². The van der Waals surface area contributed by atoms with Crippen LogP contribution in [0.4, 0.5) is 0 Å². The summed E-state index contributed by atoms with van der Waals surface area (Å²) in [5, 5.41) is 11.1. The number of likely N-dealkylation sites (tertiary alicyclic amines) is 1. The zero-order chi connectivity index (χ0) is 15.6. The fourth-order valence-electron chi connectivity index (χ4n) is 3.05. The van der Waals surface area contributed by atoms with Gasteiger partial charge in [0.05, 0.1) is 17.1 Å². The molecule has 1 saturated heterocycles. The van der Waals surface area contributed by atoms with Crippen LogP contribution in [0.15, 0.2) is 46.2 Å². The van der Waals surface area contributed by atoms with E-state index in [1.54, 1.807) is 0 Å². The minimum Gasteiger partial charge on any atom is -0.419 e. The SMILES string of the molecule is Clc1ccccc1-c1nnc(CN2CCCC2c2cccs2)o1. The Bertz CT molecular complexity index is 787. The van der Waals surface area contributed by atoms with Crippen LogP contribution < -0.4 is 0 Å². The molecule has 23 heavy (non-hydrogen) atoms. The second-order valence-corrected chi connectivity index (χ2v) is 7.01. The molecule has 1 atom stereocenters. The van der Waals surface area contributed by atoms with E-state index in [-0.39, 0.29) is 0 Å². The van der Waals surface area contributed by atoms with Gasteiger partial charge in [-0.05, 0) is 43.0 Å². The number of rotatable bonds is 4. The normalized spacial score (nSPS) is 18.6. The predicted octanol–water partition coefficient (Wildman–Crippen LogP) is 4.79. The van der Waals surface area contributed by atoms with E-state index in [4.69, 9.17) is 16.0 Å². The standard InChI is InChI=1S/C17H16ClN3OS/c18-13-6-2-1-5-12(13)17-20-19-16(22-17)11-21-9-3-7-14(21)15-8-4-10-23-15/h1-2,4-6,8,10,14H,3,7,9,11H2. The topological polar surface area (TPSA) is 42.2 Å². The van der Waals surface area contributed by atoms with E-state index in [0.29, 0.717) is 29.4 Å². The van der Waals surface area contributed by atoms with Crippen molar-refractivity contribution in [1.29, 1.82) is 0 Å². The molecular weight excluding hydrogens is 330 g/mol. The zero-order valence-corrected chi connectivity index (χ0v) is 14.1. The van der Waals surface area contributed by atoms with Crippen molar-refractivity contribution in [1.82, 2.24) is 15.1 Å². The van der Waals surface area contributed by atoms with Gasteiger partial charge in [0.25, 0.3) is 0 Å². The summed E-state index contributed by atoms with van der Waals surface area (Å²) in [5.74, 6) is 1.13.